The lowest BCUT2D eigenvalue weighted by Gasteiger charge is -2.07. The summed E-state index contributed by atoms with van der Waals surface area (Å²) in [5, 5.41) is 1.07. The molecular formula is C15H21BrO3. The molecule has 0 amide bonds. The Balaban J connectivity index is 2.26. The minimum Gasteiger partial charge on any atom is -0.494 e. The summed E-state index contributed by atoms with van der Waals surface area (Å²) in [6.45, 7) is 2.91. The number of hydrogen-bond acceptors (Lipinski definition) is 3. The van der Waals surface area contributed by atoms with E-state index in [1.54, 1.807) is 19.1 Å². The number of esters is 1. The first-order valence-corrected chi connectivity index (χ1v) is 7.86. The van der Waals surface area contributed by atoms with Crippen LogP contribution in [0.25, 0.3) is 0 Å². The first-order chi connectivity index (χ1) is 9.27. The Bertz CT molecular complexity index is 362. The second kappa shape index (κ2) is 9.84. The van der Waals surface area contributed by atoms with Gasteiger partial charge in [0.25, 0.3) is 0 Å². The maximum Gasteiger partial charge on any atom is 0.338 e. The predicted molar refractivity (Wildman–Crippen MR) is 80.2 cm³/mol. The van der Waals surface area contributed by atoms with E-state index in [-0.39, 0.29) is 5.97 Å². The summed E-state index contributed by atoms with van der Waals surface area (Å²) in [4.78, 5) is 11.4. The monoisotopic (exact) mass is 328 g/mol. The van der Waals surface area contributed by atoms with Crippen molar-refractivity contribution in [1.82, 2.24) is 0 Å². The normalized spacial score (nSPS) is 10.2. The molecule has 1 aromatic rings. The minimum atomic E-state index is -0.288. The van der Waals surface area contributed by atoms with Gasteiger partial charge in [0.15, 0.2) is 0 Å². The molecule has 0 bridgehead atoms. The highest BCUT2D eigenvalue weighted by atomic mass is 79.9. The van der Waals surface area contributed by atoms with E-state index in [0.717, 1.165) is 24.1 Å². The van der Waals surface area contributed by atoms with E-state index in [1.165, 1.54) is 19.3 Å². The molecule has 0 spiro atoms. The Labute approximate surface area is 123 Å². The molecule has 3 nitrogen and oxygen atoms in total. The van der Waals surface area contributed by atoms with Gasteiger partial charge in [-0.2, -0.15) is 0 Å². The summed E-state index contributed by atoms with van der Waals surface area (Å²) < 4.78 is 10.5. The summed E-state index contributed by atoms with van der Waals surface area (Å²) >= 11 is 3.42. The molecule has 0 radical (unpaired) electrons. The molecule has 106 valence electrons. The lowest BCUT2D eigenvalue weighted by atomic mass is 10.2. The third-order valence-electron chi connectivity index (χ3n) is 2.66. The van der Waals surface area contributed by atoms with Gasteiger partial charge in [-0.25, -0.2) is 4.79 Å². The van der Waals surface area contributed by atoms with Crippen molar-refractivity contribution in [3.8, 4) is 5.75 Å². The van der Waals surface area contributed by atoms with Gasteiger partial charge in [-0.15, -0.1) is 0 Å². The fourth-order valence-electron chi connectivity index (χ4n) is 1.64. The van der Waals surface area contributed by atoms with Gasteiger partial charge in [0.1, 0.15) is 5.75 Å². The molecule has 0 aromatic heterocycles. The average molecular weight is 329 g/mol. The van der Waals surface area contributed by atoms with Crippen molar-refractivity contribution >= 4 is 21.9 Å². The third-order valence-corrected chi connectivity index (χ3v) is 3.22. The number of alkyl halides is 1. The minimum absolute atomic E-state index is 0.288. The van der Waals surface area contributed by atoms with Gasteiger partial charge >= 0.3 is 5.97 Å². The van der Waals surface area contributed by atoms with Crippen LogP contribution < -0.4 is 4.74 Å². The number of carbonyl (C=O) groups excluding carboxylic acids is 1. The Morgan fingerprint density at radius 2 is 1.79 bits per heavy atom. The molecule has 0 aliphatic rings. The van der Waals surface area contributed by atoms with E-state index >= 15 is 0 Å². The SMILES string of the molecule is CCOC(=O)c1ccc(OCCCCCCBr)cc1. The highest BCUT2D eigenvalue weighted by molar-refractivity contribution is 9.09. The van der Waals surface area contributed by atoms with Crippen LogP contribution in [0.2, 0.25) is 0 Å². The number of unbranched alkanes of at least 4 members (excludes halogenated alkanes) is 3. The van der Waals surface area contributed by atoms with Gasteiger partial charge < -0.3 is 9.47 Å². The molecule has 0 N–H and O–H groups in total. The van der Waals surface area contributed by atoms with Crippen LogP contribution in [0, 0.1) is 0 Å². The van der Waals surface area contributed by atoms with E-state index in [0.29, 0.717) is 12.2 Å². The molecule has 0 saturated carbocycles. The summed E-state index contributed by atoms with van der Waals surface area (Å²) in [5.41, 5.74) is 0.562. The molecule has 0 atom stereocenters. The molecule has 0 saturated heterocycles. The molecule has 0 unspecified atom stereocenters. The Morgan fingerprint density at radius 3 is 2.42 bits per heavy atom. The van der Waals surface area contributed by atoms with Crippen LogP contribution in [0.3, 0.4) is 0 Å². The first kappa shape index (κ1) is 16.0. The predicted octanol–water partition coefficient (Wildman–Crippen LogP) is 4.20. The van der Waals surface area contributed by atoms with Crippen LogP contribution in [0.5, 0.6) is 5.75 Å². The van der Waals surface area contributed by atoms with Gasteiger partial charge in [0, 0.05) is 5.33 Å². The molecule has 0 heterocycles. The quantitative estimate of drug-likeness (QED) is 0.387. The summed E-state index contributed by atoms with van der Waals surface area (Å²) in [6.07, 6.45) is 4.70. The van der Waals surface area contributed by atoms with E-state index in [9.17, 15) is 4.79 Å². The third kappa shape index (κ3) is 6.62. The van der Waals surface area contributed by atoms with Crippen molar-refractivity contribution in [3.05, 3.63) is 29.8 Å². The maximum absolute atomic E-state index is 11.4. The summed E-state index contributed by atoms with van der Waals surface area (Å²) in [7, 11) is 0. The lowest BCUT2D eigenvalue weighted by Crippen LogP contribution is -2.04. The molecule has 0 aliphatic carbocycles. The van der Waals surface area contributed by atoms with Crippen molar-refractivity contribution in [2.24, 2.45) is 0 Å². The molecular weight excluding hydrogens is 308 g/mol. The zero-order valence-corrected chi connectivity index (χ0v) is 12.9. The average Bonchev–Trinajstić information content (AvgIpc) is 2.43. The molecule has 19 heavy (non-hydrogen) atoms. The van der Waals surface area contributed by atoms with Gasteiger partial charge in [-0.05, 0) is 44.0 Å². The first-order valence-electron chi connectivity index (χ1n) is 6.74. The number of hydrogen-bond donors (Lipinski definition) is 0. The van der Waals surface area contributed by atoms with Crippen LogP contribution in [-0.2, 0) is 4.74 Å². The van der Waals surface area contributed by atoms with Crippen LogP contribution in [-0.4, -0.2) is 24.5 Å². The second-order valence-corrected chi connectivity index (χ2v) is 4.99. The number of benzene rings is 1. The smallest absolute Gasteiger partial charge is 0.338 e. The number of halogens is 1. The van der Waals surface area contributed by atoms with Crippen molar-refractivity contribution in [2.45, 2.75) is 32.6 Å². The maximum atomic E-state index is 11.4. The topological polar surface area (TPSA) is 35.5 Å². The van der Waals surface area contributed by atoms with Crippen LogP contribution >= 0.6 is 15.9 Å². The zero-order valence-electron chi connectivity index (χ0n) is 11.4. The van der Waals surface area contributed by atoms with Crippen LogP contribution in [0.1, 0.15) is 43.0 Å². The fraction of sp³-hybridized carbons (Fsp3) is 0.533. The van der Waals surface area contributed by atoms with Gasteiger partial charge in [0.05, 0.1) is 18.8 Å². The highest BCUT2D eigenvalue weighted by Gasteiger charge is 2.05. The Morgan fingerprint density at radius 1 is 1.11 bits per heavy atom. The molecule has 1 rings (SSSR count). The standard InChI is InChI=1S/C15H21BrO3/c1-2-18-15(17)13-7-9-14(10-8-13)19-12-6-4-3-5-11-16/h7-10H,2-6,11-12H2,1H3. The van der Waals surface area contributed by atoms with Gasteiger partial charge in [-0.1, -0.05) is 28.8 Å². The summed E-state index contributed by atoms with van der Waals surface area (Å²) in [5.74, 6) is 0.511. The van der Waals surface area contributed by atoms with E-state index < -0.39 is 0 Å². The molecule has 0 aliphatic heterocycles. The number of rotatable bonds is 9. The van der Waals surface area contributed by atoms with E-state index in [2.05, 4.69) is 15.9 Å². The fourth-order valence-corrected chi connectivity index (χ4v) is 2.04. The number of ether oxygens (including phenoxy) is 2. The summed E-state index contributed by atoms with van der Waals surface area (Å²) in [6, 6.07) is 7.09. The lowest BCUT2D eigenvalue weighted by molar-refractivity contribution is 0.0526. The Hall–Kier alpha value is -1.03. The van der Waals surface area contributed by atoms with Crippen LogP contribution in [0.4, 0.5) is 0 Å². The van der Waals surface area contributed by atoms with Crippen molar-refractivity contribution in [2.75, 3.05) is 18.5 Å². The number of carbonyl (C=O) groups is 1. The molecule has 4 heteroatoms. The molecule has 0 fully saturated rings. The largest absolute Gasteiger partial charge is 0.494 e. The second-order valence-electron chi connectivity index (χ2n) is 4.20. The molecule has 1 aromatic carbocycles. The highest BCUT2D eigenvalue weighted by Crippen LogP contribution is 2.14. The van der Waals surface area contributed by atoms with E-state index in [4.69, 9.17) is 9.47 Å². The van der Waals surface area contributed by atoms with E-state index in [1.807, 2.05) is 12.1 Å². The van der Waals surface area contributed by atoms with Crippen molar-refractivity contribution in [1.29, 1.82) is 0 Å². The van der Waals surface area contributed by atoms with Crippen molar-refractivity contribution < 1.29 is 14.3 Å². The van der Waals surface area contributed by atoms with Gasteiger partial charge in [-0.3, -0.25) is 0 Å². The van der Waals surface area contributed by atoms with Crippen LogP contribution in [0.15, 0.2) is 24.3 Å². The van der Waals surface area contributed by atoms with Crippen molar-refractivity contribution in [3.63, 3.8) is 0 Å². The van der Waals surface area contributed by atoms with Gasteiger partial charge in [0.2, 0.25) is 0 Å². The Kier molecular flexibility index (Phi) is 8.30. The zero-order chi connectivity index (χ0) is 13.9.